The normalized spacial score (nSPS) is 32.7. The van der Waals surface area contributed by atoms with Gasteiger partial charge in [0.1, 0.15) is 0 Å². The Balaban J connectivity index is 1.23. The molecule has 1 unspecified atom stereocenters. The first kappa shape index (κ1) is 17.3. The summed E-state index contributed by atoms with van der Waals surface area (Å²) in [6.07, 6.45) is 11.9. The number of nitrogens with one attached hydrogen (secondary N) is 1. The maximum Gasteiger partial charge on any atom is 0.226 e. The van der Waals surface area contributed by atoms with Crippen molar-refractivity contribution in [3.8, 4) is 0 Å². The number of hydrogen-bond acceptors (Lipinski definition) is 1. The molecule has 1 atom stereocenters. The number of amides is 1. The Labute approximate surface area is 162 Å². The van der Waals surface area contributed by atoms with Crippen molar-refractivity contribution >= 4 is 16.8 Å². The van der Waals surface area contributed by atoms with Gasteiger partial charge in [-0.2, -0.15) is 0 Å². The molecule has 4 bridgehead atoms. The number of para-hydroxylation sites is 1. The van der Waals surface area contributed by atoms with Gasteiger partial charge in [0.25, 0.3) is 0 Å². The molecular weight excluding hydrogens is 332 g/mol. The first-order valence-corrected chi connectivity index (χ1v) is 10.9. The highest BCUT2D eigenvalue weighted by molar-refractivity contribution is 5.84. The predicted molar refractivity (Wildman–Crippen MR) is 109 cm³/mol. The van der Waals surface area contributed by atoms with Crippen LogP contribution in [0.25, 0.3) is 10.9 Å². The Bertz CT molecular complexity index is 829. The molecular formula is C24H32N2O. The van der Waals surface area contributed by atoms with Crippen LogP contribution in [0.1, 0.15) is 57.4 Å². The zero-order chi connectivity index (χ0) is 18.6. The van der Waals surface area contributed by atoms with Crippen molar-refractivity contribution in [2.75, 3.05) is 0 Å². The van der Waals surface area contributed by atoms with Crippen molar-refractivity contribution in [1.82, 2.24) is 9.88 Å². The highest BCUT2D eigenvalue weighted by Crippen LogP contribution is 2.60. The van der Waals surface area contributed by atoms with E-state index in [1.807, 2.05) is 0 Å². The molecule has 2 aromatic rings. The van der Waals surface area contributed by atoms with Gasteiger partial charge in [-0.25, -0.2) is 0 Å². The van der Waals surface area contributed by atoms with Gasteiger partial charge < -0.3 is 9.88 Å². The van der Waals surface area contributed by atoms with E-state index < -0.39 is 0 Å². The van der Waals surface area contributed by atoms with Crippen molar-refractivity contribution in [3.05, 3.63) is 36.0 Å². The van der Waals surface area contributed by atoms with E-state index in [-0.39, 0.29) is 11.5 Å². The number of nitrogens with zero attached hydrogens (tertiary/aromatic N) is 1. The molecule has 6 rings (SSSR count). The molecule has 4 aliphatic carbocycles. The molecule has 3 nitrogen and oxygen atoms in total. The van der Waals surface area contributed by atoms with Crippen LogP contribution in [0.4, 0.5) is 0 Å². The second kappa shape index (κ2) is 6.39. The summed E-state index contributed by atoms with van der Waals surface area (Å²) in [5.74, 6) is 2.85. The smallest absolute Gasteiger partial charge is 0.226 e. The molecule has 4 aliphatic rings. The minimum atomic E-state index is -0.0253. The van der Waals surface area contributed by atoms with Crippen LogP contribution in [0.15, 0.2) is 30.5 Å². The van der Waals surface area contributed by atoms with Gasteiger partial charge in [0.15, 0.2) is 0 Å². The zero-order valence-corrected chi connectivity index (χ0v) is 16.7. The molecule has 1 N–H and O–H groups in total. The second-order valence-electron chi connectivity index (χ2n) is 9.89. The van der Waals surface area contributed by atoms with E-state index in [4.69, 9.17) is 0 Å². The van der Waals surface area contributed by atoms with E-state index in [0.29, 0.717) is 5.91 Å². The monoisotopic (exact) mass is 364 g/mol. The van der Waals surface area contributed by atoms with E-state index in [1.54, 1.807) is 0 Å². The van der Waals surface area contributed by atoms with Gasteiger partial charge in [0.05, 0.1) is 0 Å². The van der Waals surface area contributed by atoms with Crippen molar-refractivity contribution in [2.24, 2.45) is 30.2 Å². The lowest BCUT2D eigenvalue weighted by Crippen LogP contribution is -2.54. The van der Waals surface area contributed by atoms with Gasteiger partial charge in [-0.15, -0.1) is 0 Å². The number of rotatable bonds is 5. The van der Waals surface area contributed by atoms with Gasteiger partial charge in [0.2, 0.25) is 5.91 Å². The summed E-state index contributed by atoms with van der Waals surface area (Å²) in [7, 11) is 2.12. The molecule has 0 aliphatic heterocycles. The fraction of sp³-hybridized carbons (Fsp3) is 0.625. The van der Waals surface area contributed by atoms with Gasteiger partial charge in [-0.3, -0.25) is 4.79 Å². The number of carbonyl (C=O) groups excluding carboxylic acids is 1. The third-order valence-electron chi connectivity index (χ3n) is 7.72. The van der Waals surface area contributed by atoms with Crippen LogP contribution in [0.2, 0.25) is 0 Å². The summed E-state index contributed by atoms with van der Waals surface area (Å²) < 4.78 is 2.21. The van der Waals surface area contributed by atoms with Crippen LogP contribution < -0.4 is 5.32 Å². The van der Waals surface area contributed by atoms with Crippen molar-refractivity contribution in [2.45, 2.75) is 64.3 Å². The summed E-state index contributed by atoms with van der Waals surface area (Å²) in [5.41, 5.74) is 2.66. The summed E-state index contributed by atoms with van der Waals surface area (Å²) in [6, 6.07) is 8.84. The number of aryl methyl sites for hydroxylation is 2. The summed E-state index contributed by atoms with van der Waals surface area (Å²) >= 11 is 0. The minimum Gasteiger partial charge on any atom is -0.353 e. The lowest BCUT2D eigenvalue weighted by Gasteiger charge is -2.55. The van der Waals surface area contributed by atoms with E-state index >= 15 is 0 Å². The van der Waals surface area contributed by atoms with Gasteiger partial charge in [-0.05, 0) is 87.7 Å². The maximum atomic E-state index is 13.2. The van der Waals surface area contributed by atoms with Gasteiger partial charge in [0, 0.05) is 35.6 Å². The molecule has 4 fully saturated rings. The average Bonchev–Trinajstić information content (AvgIpc) is 2.95. The van der Waals surface area contributed by atoms with Crippen LogP contribution in [0.5, 0.6) is 0 Å². The highest BCUT2D eigenvalue weighted by Gasteiger charge is 2.54. The molecule has 1 aromatic heterocycles. The number of benzene rings is 1. The number of carbonyl (C=O) groups is 1. The summed E-state index contributed by atoms with van der Waals surface area (Å²) in [4.78, 5) is 13.2. The van der Waals surface area contributed by atoms with Crippen LogP contribution >= 0.6 is 0 Å². The van der Waals surface area contributed by atoms with Gasteiger partial charge in [-0.1, -0.05) is 18.2 Å². The Morgan fingerprint density at radius 1 is 1.15 bits per heavy atom. The number of fused-ring (bicyclic) bond motifs is 1. The number of aromatic nitrogens is 1. The molecule has 1 heterocycles. The Hall–Kier alpha value is -1.77. The fourth-order valence-electron chi connectivity index (χ4n) is 6.83. The second-order valence-corrected chi connectivity index (χ2v) is 9.89. The highest BCUT2D eigenvalue weighted by atomic mass is 16.2. The fourth-order valence-corrected chi connectivity index (χ4v) is 6.83. The molecule has 0 spiro atoms. The lowest BCUT2D eigenvalue weighted by molar-refractivity contribution is -0.146. The largest absolute Gasteiger partial charge is 0.353 e. The quantitative estimate of drug-likeness (QED) is 0.810. The maximum absolute atomic E-state index is 13.2. The van der Waals surface area contributed by atoms with E-state index in [2.05, 4.69) is 54.3 Å². The third-order valence-corrected chi connectivity index (χ3v) is 7.72. The van der Waals surface area contributed by atoms with E-state index in [0.717, 1.165) is 49.9 Å². The first-order chi connectivity index (χ1) is 13.0. The van der Waals surface area contributed by atoms with Gasteiger partial charge >= 0.3 is 0 Å². The Morgan fingerprint density at radius 2 is 1.78 bits per heavy atom. The Kier molecular flexibility index (Phi) is 4.10. The summed E-state index contributed by atoms with van der Waals surface area (Å²) in [5, 5.41) is 4.76. The molecule has 144 valence electrons. The lowest BCUT2D eigenvalue weighted by atomic mass is 9.49. The van der Waals surface area contributed by atoms with Crippen molar-refractivity contribution in [3.63, 3.8) is 0 Å². The zero-order valence-electron chi connectivity index (χ0n) is 16.7. The van der Waals surface area contributed by atoms with E-state index in [9.17, 15) is 4.79 Å². The molecule has 3 heteroatoms. The molecule has 1 aromatic carbocycles. The van der Waals surface area contributed by atoms with Crippen molar-refractivity contribution < 1.29 is 4.79 Å². The Morgan fingerprint density at radius 3 is 2.44 bits per heavy atom. The SMILES string of the molecule is CC(CCc1cn(C)c2ccccc12)NC(=O)C12CC3CC(CC(C3)C1)C2. The molecule has 4 saturated carbocycles. The molecule has 27 heavy (non-hydrogen) atoms. The molecule has 1 amide bonds. The first-order valence-electron chi connectivity index (χ1n) is 10.9. The summed E-state index contributed by atoms with van der Waals surface area (Å²) in [6.45, 7) is 2.18. The van der Waals surface area contributed by atoms with E-state index in [1.165, 1.54) is 35.7 Å². The van der Waals surface area contributed by atoms with Crippen LogP contribution in [-0.4, -0.2) is 16.5 Å². The van der Waals surface area contributed by atoms with Crippen LogP contribution in [0, 0.1) is 23.2 Å². The average molecular weight is 365 g/mol. The van der Waals surface area contributed by atoms with Crippen molar-refractivity contribution in [1.29, 1.82) is 0 Å². The third kappa shape index (κ3) is 2.99. The van der Waals surface area contributed by atoms with Crippen LogP contribution in [-0.2, 0) is 18.3 Å². The topological polar surface area (TPSA) is 34.0 Å². The number of hydrogen-bond donors (Lipinski definition) is 1. The predicted octanol–water partition coefficient (Wildman–Crippen LogP) is 4.83. The molecule has 0 saturated heterocycles. The minimum absolute atomic E-state index is 0.0253. The molecule has 0 radical (unpaired) electrons. The standard InChI is InChI=1S/C24H32N2O/c1-16(7-8-20-15-26(2)22-6-4-3-5-21(20)22)25-23(27)24-12-17-9-18(13-24)11-19(10-17)14-24/h3-6,15-19H,7-14H2,1-2H3,(H,25,27). The van der Waals surface area contributed by atoms with Crippen LogP contribution in [0.3, 0.4) is 0 Å².